The van der Waals surface area contributed by atoms with E-state index in [0.717, 1.165) is 12.1 Å². The highest BCUT2D eigenvalue weighted by atomic mass is 35.5. The van der Waals surface area contributed by atoms with E-state index in [4.69, 9.17) is 16.3 Å². The molecule has 1 aliphatic heterocycles. The molecule has 0 aromatic heterocycles. The van der Waals surface area contributed by atoms with Crippen molar-refractivity contribution >= 4 is 34.8 Å². The normalized spacial score (nSPS) is 15.1. The lowest BCUT2D eigenvalue weighted by Gasteiger charge is -2.09. The number of hydrogen-bond acceptors (Lipinski definition) is 4. The van der Waals surface area contributed by atoms with Crippen LogP contribution in [0.4, 0.5) is 13.2 Å². The Morgan fingerprint density at radius 1 is 1.21 bits per heavy atom. The van der Waals surface area contributed by atoms with E-state index in [1.54, 1.807) is 24.5 Å². The molecule has 3 nitrogen and oxygen atoms in total. The molecule has 2 aromatic rings. The summed E-state index contributed by atoms with van der Waals surface area (Å²) in [4.78, 5) is 12.0. The standard InChI is InChI=1S/C21H15ClF3NO2S/c1-12(2)20(27)16-8-7-15(9-17(16)22)28-10-19-26-18(11-29-19)13-3-5-14(6-4-13)21(23,24)25/h3-11,26H,1H2,2H3/b19-10+. The summed E-state index contributed by atoms with van der Waals surface area (Å²) in [6, 6.07) is 9.59. The quantitative estimate of drug-likeness (QED) is 0.323. The molecular formula is C21H15ClF3NO2S. The molecule has 3 rings (SSSR count). The molecule has 0 saturated heterocycles. The molecule has 0 bridgehead atoms. The molecule has 0 radical (unpaired) electrons. The first-order valence-corrected chi connectivity index (χ1v) is 9.59. The number of ketones is 1. The highest BCUT2D eigenvalue weighted by Crippen LogP contribution is 2.33. The molecule has 29 heavy (non-hydrogen) atoms. The smallest absolute Gasteiger partial charge is 0.416 e. The van der Waals surface area contributed by atoms with Crippen LogP contribution in [0, 0.1) is 0 Å². The lowest BCUT2D eigenvalue weighted by molar-refractivity contribution is -0.137. The van der Waals surface area contributed by atoms with Crippen LogP contribution in [0.5, 0.6) is 5.75 Å². The number of rotatable bonds is 5. The minimum absolute atomic E-state index is 0.238. The largest absolute Gasteiger partial charge is 0.462 e. The van der Waals surface area contributed by atoms with Crippen molar-refractivity contribution in [3.05, 3.63) is 93.0 Å². The van der Waals surface area contributed by atoms with Gasteiger partial charge in [0.15, 0.2) is 5.78 Å². The van der Waals surface area contributed by atoms with Crippen LogP contribution in [0.25, 0.3) is 5.70 Å². The number of Topliss-reactive ketones (excluding diaryl/α,β-unsaturated/α-hetero) is 1. The van der Waals surface area contributed by atoms with Crippen molar-refractivity contribution in [2.45, 2.75) is 13.1 Å². The Morgan fingerprint density at radius 2 is 1.90 bits per heavy atom. The fourth-order valence-electron chi connectivity index (χ4n) is 2.46. The number of alkyl halides is 3. The van der Waals surface area contributed by atoms with Gasteiger partial charge >= 0.3 is 6.18 Å². The Bertz CT molecular complexity index is 1030. The number of allylic oxidation sites excluding steroid dienone is 1. The predicted octanol–water partition coefficient (Wildman–Crippen LogP) is 6.63. The molecule has 0 unspecified atom stereocenters. The molecule has 8 heteroatoms. The van der Waals surface area contributed by atoms with E-state index in [1.807, 2.05) is 0 Å². The zero-order valence-electron chi connectivity index (χ0n) is 15.1. The van der Waals surface area contributed by atoms with Crippen LogP contribution in [0.3, 0.4) is 0 Å². The molecule has 1 heterocycles. The van der Waals surface area contributed by atoms with E-state index in [2.05, 4.69) is 11.9 Å². The fourth-order valence-corrected chi connectivity index (χ4v) is 3.42. The summed E-state index contributed by atoms with van der Waals surface area (Å²) in [5.74, 6) is 0.199. The minimum Gasteiger partial charge on any atom is -0.462 e. The number of hydrogen-bond donors (Lipinski definition) is 1. The number of ether oxygens (including phenoxy) is 1. The first-order chi connectivity index (χ1) is 13.6. The lowest BCUT2D eigenvalue weighted by atomic mass is 10.1. The third kappa shape index (κ3) is 5.05. The SMILES string of the molecule is C=C(C)C(=O)c1ccc(O/C=C2\NC(c3ccc(C(F)(F)F)cc3)=CS2)cc1Cl. The van der Waals surface area contributed by atoms with Gasteiger partial charge in [-0.1, -0.05) is 42.1 Å². The second-order valence-electron chi connectivity index (χ2n) is 6.20. The Morgan fingerprint density at radius 3 is 2.48 bits per heavy atom. The summed E-state index contributed by atoms with van der Waals surface area (Å²) >= 11 is 7.47. The first kappa shape index (κ1) is 21.1. The summed E-state index contributed by atoms with van der Waals surface area (Å²) in [5.41, 5.74) is 1.32. The zero-order valence-corrected chi connectivity index (χ0v) is 16.7. The van der Waals surface area contributed by atoms with Gasteiger partial charge in [0.05, 0.1) is 16.3 Å². The van der Waals surface area contributed by atoms with Crippen molar-refractivity contribution in [1.82, 2.24) is 5.32 Å². The zero-order chi connectivity index (χ0) is 21.2. The maximum absolute atomic E-state index is 12.7. The average molecular weight is 438 g/mol. The van der Waals surface area contributed by atoms with Crippen molar-refractivity contribution in [2.75, 3.05) is 0 Å². The number of carbonyl (C=O) groups excluding carboxylic acids is 1. The van der Waals surface area contributed by atoms with E-state index in [-0.39, 0.29) is 10.8 Å². The first-order valence-electron chi connectivity index (χ1n) is 8.33. The molecule has 0 saturated carbocycles. The van der Waals surface area contributed by atoms with Crippen LogP contribution in [-0.2, 0) is 6.18 Å². The van der Waals surface area contributed by atoms with Crippen molar-refractivity contribution in [3.8, 4) is 5.75 Å². The second-order valence-corrected chi connectivity index (χ2v) is 7.52. The van der Waals surface area contributed by atoms with Crippen LogP contribution in [0.1, 0.15) is 28.4 Å². The summed E-state index contributed by atoms with van der Waals surface area (Å²) < 4.78 is 43.6. The molecule has 0 fully saturated rings. The van der Waals surface area contributed by atoms with E-state index in [9.17, 15) is 18.0 Å². The number of halogens is 4. The van der Waals surface area contributed by atoms with Gasteiger partial charge in [0.2, 0.25) is 0 Å². The third-order valence-electron chi connectivity index (χ3n) is 3.96. The number of thioether (sulfide) groups is 1. The number of nitrogens with one attached hydrogen (secondary N) is 1. The summed E-state index contributed by atoms with van der Waals surface area (Å²) in [6.45, 7) is 5.22. The van der Waals surface area contributed by atoms with Crippen LogP contribution >= 0.6 is 23.4 Å². The third-order valence-corrected chi connectivity index (χ3v) is 5.08. The minimum atomic E-state index is -4.37. The van der Waals surface area contributed by atoms with Gasteiger partial charge in [0, 0.05) is 17.0 Å². The van der Waals surface area contributed by atoms with E-state index < -0.39 is 11.7 Å². The van der Waals surface area contributed by atoms with E-state index >= 15 is 0 Å². The molecule has 1 aliphatic rings. The van der Waals surface area contributed by atoms with Gasteiger partial charge in [-0.2, -0.15) is 13.2 Å². The van der Waals surface area contributed by atoms with Gasteiger partial charge in [-0.25, -0.2) is 0 Å². The Hall–Kier alpha value is -2.64. The average Bonchev–Trinajstić information content (AvgIpc) is 3.14. The van der Waals surface area contributed by atoms with Crippen LogP contribution in [0.2, 0.25) is 5.02 Å². The Labute approximate surface area is 174 Å². The second kappa shape index (κ2) is 8.39. The lowest BCUT2D eigenvalue weighted by Crippen LogP contribution is -2.07. The Balaban J connectivity index is 1.65. The fraction of sp³-hybridized carbons (Fsp3) is 0.0952. The van der Waals surface area contributed by atoms with Gasteiger partial charge in [-0.05, 0) is 42.3 Å². The Kier molecular flexibility index (Phi) is 6.10. The molecule has 0 atom stereocenters. The maximum atomic E-state index is 12.7. The molecule has 150 valence electrons. The van der Waals surface area contributed by atoms with Crippen molar-refractivity contribution in [2.24, 2.45) is 0 Å². The van der Waals surface area contributed by atoms with E-state index in [1.165, 1.54) is 36.2 Å². The molecule has 0 spiro atoms. The van der Waals surface area contributed by atoms with Gasteiger partial charge in [-0.15, -0.1) is 0 Å². The highest BCUT2D eigenvalue weighted by Gasteiger charge is 2.30. The summed E-state index contributed by atoms with van der Waals surface area (Å²) in [5, 5.41) is 5.76. The van der Waals surface area contributed by atoms with Crippen LogP contribution in [0.15, 0.2) is 71.3 Å². The molecule has 1 N–H and O–H groups in total. The van der Waals surface area contributed by atoms with Crippen LogP contribution < -0.4 is 10.1 Å². The van der Waals surface area contributed by atoms with Crippen LogP contribution in [-0.4, -0.2) is 5.78 Å². The van der Waals surface area contributed by atoms with Gasteiger partial charge in [-0.3, -0.25) is 4.79 Å². The van der Waals surface area contributed by atoms with Crippen molar-refractivity contribution in [1.29, 1.82) is 0 Å². The van der Waals surface area contributed by atoms with Crippen molar-refractivity contribution in [3.63, 3.8) is 0 Å². The molecule has 2 aromatic carbocycles. The van der Waals surface area contributed by atoms with Crippen molar-refractivity contribution < 1.29 is 22.7 Å². The molecular weight excluding hydrogens is 423 g/mol. The van der Waals surface area contributed by atoms with Gasteiger partial charge < -0.3 is 10.1 Å². The molecule has 0 aliphatic carbocycles. The topological polar surface area (TPSA) is 38.3 Å². The van der Waals surface area contributed by atoms with E-state index in [0.29, 0.717) is 33.2 Å². The summed E-state index contributed by atoms with van der Waals surface area (Å²) in [6.07, 6.45) is -2.90. The maximum Gasteiger partial charge on any atom is 0.416 e. The van der Waals surface area contributed by atoms with Gasteiger partial charge in [0.1, 0.15) is 17.0 Å². The monoisotopic (exact) mass is 437 g/mol. The number of carbonyl (C=O) groups is 1. The summed E-state index contributed by atoms with van der Waals surface area (Å²) in [7, 11) is 0. The van der Waals surface area contributed by atoms with Gasteiger partial charge in [0.25, 0.3) is 0 Å². The predicted molar refractivity (Wildman–Crippen MR) is 109 cm³/mol. The highest BCUT2D eigenvalue weighted by molar-refractivity contribution is 8.06. The molecule has 0 amide bonds. The number of benzene rings is 2.